The van der Waals surface area contributed by atoms with Crippen LogP contribution < -0.4 is 10.0 Å². The Morgan fingerprint density at radius 1 is 1.03 bits per heavy atom. The highest BCUT2D eigenvalue weighted by Crippen LogP contribution is 2.34. The lowest BCUT2D eigenvalue weighted by Crippen LogP contribution is -2.10. The number of aromatic nitrogens is 2. The molecule has 0 amide bonds. The summed E-state index contributed by atoms with van der Waals surface area (Å²) >= 11 is 6.07. The second kappa shape index (κ2) is 9.06. The van der Waals surface area contributed by atoms with Crippen LogP contribution >= 0.6 is 11.6 Å². The van der Waals surface area contributed by atoms with Crippen molar-refractivity contribution in [2.75, 3.05) is 16.3 Å². The zero-order valence-electron chi connectivity index (χ0n) is 17.9. The number of nitriles is 1. The fourth-order valence-electron chi connectivity index (χ4n) is 3.53. The van der Waals surface area contributed by atoms with Crippen molar-refractivity contribution in [3.05, 3.63) is 83.3 Å². The molecule has 0 unspecified atom stereocenters. The van der Waals surface area contributed by atoms with Crippen LogP contribution in [0.3, 0.4) is 0 Å². The third-order valence-electron chi connectivity index (χ3n) is 5.12. The minimum atomic E-state index is -3.52. The van der Waals surface area contributed by atoms with Gasteiger partial charge in [0.15, 0.2) is 5.15 Å². The van der Waals surface area contributed by atoms with E-state index in [0.717, 1.165) is 28.3 Å². The number of sulfonamides is 1. The van der Waals surface area contributed by atoms with Gasteiger partial charge in [0.2, 0.25) is 10.0 Å². The minimum Gasteiger partial charge on any atom is -0.377 e. The van der Waals surface area contributed by atoms with E-state index in [2.05, 4.69) is 26.1 Å². The Bertz CT molecular complexity index is 1480. The molecule has 0 saturated heterocycles. The summed E-state index contributed by atoms with van der Waals surface area (Å²) in [6.07, 6.45) is 4.17. The maximum absolute atomic E-state index is 11.7. The van der Waals surface area contributed by atoms with Gasteiger partial charge in [-0.3, -0.25) is 9.71 Å². The predicted molar refractivity (Wildman–Crippen MR) is 132 cm³/mol. The van der Waals surface area contributed by atoms with Crippen molar-refractivity contribution in [3.63, 3.8) is 0 Å². The summed E-state index contributed by atoms with van der Waals surface area (Å²) in [6.45, 7) is 2.03. The van der Waals surface area contributed by atoms with Gasteiger partial charge in [-0.05, 0) is 36.2 Å². The average Bonchev–Trinajstić information content (AvgIpc) is 2.80. The number of rotatable bonds is 6. The molecule has 33 heavy (non-hydrogen) atoms. The molecular formula is C24H20ClN5O2S. The molecule has 0 spiro atoms. The molecule has 4 rings (SSSR count). The van der Waals surface area contributed by atoms with E-state index in [4.69, 9.17) is 11.6 Å². The van der Waals surface area contributed by atoms with E-state index in [-0.39, 0.29) is 16.9 Å². The van der Waals surface area contributed by atoms with E-state index in [0.29, 0.717) is 16.8 Å². The first kappa shape index (κ1) is 22.5. The Balaban J connectivity index is 1.81. The average molecular weight is 478 g/mol. The summed E-state index contributed by atoms with van der Waals surface area (Å²) in [4.78, 5) is 8.54. The van der Waals surface area contributed by atoms with Crippen LogP contribution in [0.1, 0.15) is 24.1 Å². The van der Waals surface area contributed by atoms with Gasteiger partial charge < -0.3 is 5.32 Å². The van der Waals surface area contributed by atoms with Crippen molar-refractivity contribution in [3.8, 4) is 17.2 Å². The molecule has 2 aromatic heterocycles. The molecule has 0 aliphatic carbocycles. The van der Waals surface area contributed by atoms with Gasteiger partial charge in [-0.25, -0.2) is 13.4 Å². The van der Waals surface area contributed by atoms with Crippen molar-refractivity contribution >= 4 is 43.9 Å². The molecule has 0 fully saturated rings. The number of benzene rings is 2. The van der Waals surface area contributed by atoms with Crippen molar-refractivity contribution in [2.45, 2.75) is 13.0 Å². The quantitative estimate of drug-likeness (QED) is 0.361. The number of fused-ring (bicyclic) bond motifs is 1. The molecular weight excluding hydrogens is 458 g/mol. The maximum atomic E-state index is 11.7. The lowest BCUT2D eigenvalue weighted by atomic mass is 10.0. The van der Waals surface area contributed by atoms with Crippen LogP contribution in [0.5, 0.6) is 0 Å². The summed E-state index contributed by atoms with van der Waals surface area (Å²) in [7, 11) is -3.52. The molecule has 0 aliphatic heterocycles. The summed E-state index contributed by atoms with van der Waals surface area (Å²) in [5.41, 5.74) is 4.54. The van der Waals surface area contributed by atoms with Crippen LogP contribution in [0.15, 0.2) is 67.0 Å². The number of nitrogens with one attached hydrogen (secondary N) is 2. The maximum Gasteiger partial charge on any atom is 0.229 e. The minimum absolute atomic E-state index is 0.0460. The van der Waals surface area contributed by atoms with E-state index in [9.17, 15) is 13.7 Å². The number of hydrogen-bond acceptors (Lipinski definition) is 6. The first-order valence-electron chi connectivity index (χ1n) is 10.0. The molecule has 0 bridgehead atoms. The van der Waals surface area contributed by atoms with Gasteiger partial charge in [0, 0.05) is 29.4 Å². The van der Waals surface area contributed by atoms with E-state index < -0.39 is 10.0 Å². The van der Waals surface area contributed by atoms with Gasteiger partial charge in [-0.15, -0.1) is 0 Å². The van der Waals surface area contributed by atoms with E-state index in [1.807, 2.05) is 55.5 Å². The number of nitrogens with zero attached hydrogens (tertiary/aromatic N) is 3. The lowest BCUT2D eigenvalue weighted by Gasteiger charge is -2.19. The Morgan fingerprint density at radius 2 is 1.79 bits per heavy atom. The van der Waals surface area contributed by atoms with Crippen LogP contribution in [-0.2, 0) is 10.0 Å². The zero-order chi connectivity index (χ0) is 23.6. The fraction of sp³-hybridized carbons (Fsp3) is 0.125. The van der Waals surface area contributed by atoms with Gasteiger partial charge in [0.25, 0.3) is 0 Å². The zero-order valence-corrected chi connectivity index (χ0v) is 19.4. The molecule has 7 nitrogen and oxygen atoms in total. The van der Waals surface area contributed by atoms with Gasteiger partial charge in [-0.2, -0.15) is 5.26 Å². The second-order valence-corrected chi connectivity index (χ2v) is 9.71. The number of anilines is 2. The predicted octanol–water partition coefficient (Wildman–Crippen LogP) is 5.37. The molecule has 0 aliphatic rings. The van der Waals surface area contributed by atoms with Crippen LogP contribution in [0.25, 0.3) is 22.0 Å². The first-order chi connectivity index (χ1) is 15.7. The van der Waals surface area contributed by atoms with Gasteiger partial charge in [0.1, 0.15) is 6.07 Å². The number of hydrogen-bond donors (Lipinski definition) is 2. The third-order valence-corrected chi connectivity index (χ3v) is 6.01. The van der Waals surface area contributed by atoms with Crippen LogP contribution in [0, 0.1) is 11.3 Å². The molecule has 2 aromatic carbocycles. The monoisotopic (exact) mass is 477 g/mol. The van der Waals surface area contributed by atoms with Crippen LogP contribution in [0.2, 0.25) is 5.15 Å². The van der Waals surface area contributed by atoms with Gasteiger partial charge >= 0.3 is 0 Å². The third kappa shape index (κ3) is 5.06. The fourth-order valence-corrected chi connectivity index (χ4v) is 4.29. The Labute approximate surface area is 197 Å². The summed E-state index contributed by atoms with van der Waals surface area (Å²) in [5, 5.41) is 14.0. The van der Waals surface area contributed by atoms with Crippen LogP contribution in [-0.4, -0.2) is 24.6 Å². The van der Waals surface area contributed by atoms with Gasteiger partial charge in [-0.1, -0.05) is 48.0 Å². The van der Waals surface area contributed by atoms with Gasteiger partial charge in [0.05, 0.1) is 28.7 Å². The smallest absolute Gasteiger partial charge is 0.229 e. The van der Waals surface area contributed by atoms with Crippen LogP contribution in [0.4, 0.5) is 11.4 Å². The van der Waals surface area contributed by atoms with E-state index in [1.165, 1.54) is 0 Å². The van der Waals surface area contributed by atoms with E-state index >= 15 is 0 Å². The van der Waals surface area contributed by atoms with Crippen molar-refractivity contribution < 1.29 is 8.42 Å². The molecule has 9 heteroatoms. The van der Waals surface area contributed by atoms with E-state index in [1.54, 1.807) is 18.5 Å². The highest BCUT2D eigenvalue weighted by molar-refractivity contribution is 7.92. The van der Waals surface area contributed by atoms with Crippen molar-refractivity contribution in [1.82, 2.24) is 9.97 Å². The Kier molecular flexibility index (Phi) is 6.18. The highest BCUT2D eigenvalue weighted by atomic mass is 35.5. The molecule has 0 radical (unpaired) electrons. The number of pyridine rings is 2. The second-order valence-electron chi connectivity index (χ2n) is 7.60. The SMILES string of the molecule is C[C@@H](Nc1c(C#N)cnc2ccc(-c3cnc(Cl)c(NS(C)(=O)=O)c3)cc12)c1ccccc1. The molecule has 2 heterocycles. The molecule has 166 valence electrons. The summed E-state index contributed by atoms with van der Waals surface area (Å²) in [5.74, 6) is 0. The molecule has 2 N–H and O–H groups in total. The largest absolute Gasteiger partial charge is 0.377 e. The standard InChI is InChI=1S/C24H20ClN5O2S/c1-15(16-6-4-3-5-7-16)29-23-19(12-26)14-27-21-9-8-17(10-20(21)23)18-11-22(24(25)28-13-18)30-33(2,31)32/h3-11,13-15,30H,1-2H3,(H,27,29)/t15-/m1/s1. The lowest BCUT2D eigenvalue weighted by molar-refractivity contribution is 0.607. The highest BCUT2D eigenvalue weighted by Gasteiger charge is 2.15. The topological polar surface area (TPSA) is 108 Å². The van der Waals surface area contributed by atoms with Crippen molar-refractivity contribution in [1.29, 1.82) is 5.26 Å². The first-order valence-corrected chi connectivity index (χ1v) is 12.3. The molecule has 4 aromatic rings. The molecule has 1 atom stereocenters. The Hall–Kier alpha value is -3.67. The normalized spacial score (nSPS) is 12.2. The summed E-state index contributed by atoms with van der Waals surface area (Å²) < 4.78 is 25.7. The number of halogens is 1. The summed E-state index contributed by atoms with van der Waals surface area (Å²) in [6, 6.07) is 19.3. The molecule has 0 saturated carbocycles. The Morgan fingerprint density at radius 3 is 2.48 bits per heavy atom. The van der Waals surface area contributed by atoms with Crippen molar-refractivity contribution in [2.24, 2.45) is 0 Å².